The van der Waals surface area contributed by atoms with Crippen LogP contribution in [0.15, 0.2) is 40.6 Å². The van der Waals surface area contributed by atoms with Gasteiger partial charge in [0.25, 0.3) is 5.91 Å². The minimum atomic E-state index is -3.34. The van der Waals surface area contributed by atoms with E-state index >= 15 is 0 Å². The van der Waals surface area contributed by atoms with Gasteiger partial charge in [-0.15, -0.1) is 22.7 Å². The molecule has 0 spiro atoms. The third-order valence-electron chi connectivity index (χ3n) is 3.62. The Labute approximate surface area is 154 Å². The van der Waals surface area contributed by atoms with Gasteiger partial charge in [0, 0.05) is 11.9 Å². The number of hydrogen-bond donors (Lipinski definition) is 1. The molecule has 3 rings (SSSR count). The Hall–Kier alpha value is -2.03. The summed E-state index contributed by atoms with van der Waals surface area (Å²) in [5.41, 5.74) is 1.93. The molecule has 25 heavy (non-hydrogen) atoms. The zero-order chi connectivity index (χ0) is 18.2. The fraction of sp³-hybridized carbons (Fsp3) is 0.176. The van der Waals surface area contributed by atoms with Crippen molar-refractivity contribution in [2.75, 3.05) is 11.6 Å². The molecule has 5 nitrogen and oxygen atoms in total. The molecule has 3 aromatic rings. The first-order valence-electron chi connectivity index (χ1n) is 7.39. The minimum Gasteiger partial charge on any atom is -0.321 e. The smallest absolute Gasteiger partial charge is 0.267 e. The number of sulfone groups is 1. The second-order valence-electron chi connectivity index (χ2n) is 5.61. The third-order valence-corrected chi connectivity index (χ3v) is 6.93. The first-order chi connectivity index (χ1) is 11.8. The van der Waals surface area contributed by atoms with Crippen molar-refractivity contribution in [3.05, 3.63) is 51.8 Å². The van der Waals surface area contributed by atoms with Gasteiger partial charge < -0.3 is 5.32 Å². The van der Waals surface area contributed by atoms with E-state index in [-0.39, 0.29) is 10.8 Å². The highest BCUT2D eigenvalue weighted by molar-refractivity contribution is 7.90. The summed E-state index contributed by atoms with van der Waals surface area (Å²) in [6.45, 7) is 3.61. The average molecular weight is 393 g/mol. The maximum absolute atomic E-state index is 12.6. The van der Waals surface area contributed by atoms with Gasteiger partial charge in [0.2, 0.25) is 0 Å². The van der Waals surface area contributed by atoms with Crippen molar-refractivity contribution in [1.82, 2.24) is 4.98 Å². The summed E-state index contributed by atoms with van der Waals surface area (Å²) in [7, 11) is -3.34. The summed E-state index contributed by atoms with van der Waals surface area (Å²) in [5, 5.41) is 5.58. The monoisotopic (exact) mass is 392 g/mol. The average Bonchev–Trinajstić information content (AvgIpc) is 3.17. The van der Waals surface area contributed by atoms with Crippen molar-refractivity contribution in [3.63, 3.8) is 0 Å². The number of nitrogens with zero attached hydrogens (tertiary/aromatic N) is 1. The molecule has 1 N–H and O–H groups in total. The molecule has 0 aliphatic rings. The van der Waals surface area contributed by atoms with Crippen LogP contribution in [-0.2, 0) is 9.84 Å². The number of amides is 1. The first-order valence-corrected chi connectivity index (χ1v) is 11.0. The second-order valence-corrected chi connectivity index (χ2v) is 9.58. The standard InChI is InChI=1S/C17H16N2O3S3/c1-10-6-7-12(25(3,21)22)9-13(10)19-16(20)15-11(2)18-17(24-15)14-5-4-8-23-14/h4-9H,1-3H3,(H,19,20). The van der Waals surface area contributed by atoms with Crippen LogP contribution in [0.3, 0.4) is 0 Å². The normalized spacial score (nSPS) is 11.5. The minimum absolute atomic E-state index is 0.175. The molecule has 0 saturated heterocycles. The number of hydrogen-bond acceptors (Lipinski definition) is 6. The van der Waals surface area contributed by atoms with Crippen molar-refractivity contribution in [3.8, 4) is 9.88 Å². The molecule has 0 fully saturated rings. The molecule has 130 valence electrons. The van der Waals surface area contributed by atoms with Gasteiger partial charge >= 0.3 is 0 Å². The number of carbonyl (C=O) groups is 1. The number of benzene rings is 1. The molecule has 0 aliphatic heterocycles. The maximum Gasteiger partial charge on any atom is 0.267 e. The lowest BCUT2D eigenvalue weighted by Gasteiger charge is -2.09. The van der Waals surface area contributed by atoms with Crippen LogP contribution in [-0.4, -0.2) is 25.6 Å². The predicted molar refractivity (Wildman–Crippen MR) is 102 cm³/mol. The third kappa shape index (κ3) is 3.81. The van der Waals surface area contributed by atoms with E-state index in [1.165, 1.54) is 23.5 Å². The Morgan fingerprint density at radius 1 is 1.20 bits per heavy atom. The van der Waals surface area contributed by atoms with E-state index < -0.39 is 9.84 Å². The van der Waals surface area contributed by atoms with Gasteiger partial charge in [0.1, 0.15) is 9.88 Å². The van der Waals surface area contributed by atoms with Crippen molar-refractivity contribution < 1.29 is 13.2 Å². The van der Waals surface area contributed by atoms with Crippen LogP contribution in [0.1, 0.15) is 20.9 Å². The molecular weight excluding hydrogens is 376 g/mol. The molecule has 2 aromatic heterocycles. The van der Waals surface area contributed by atoms with E-state index in [0.29, 0.717) is 16.3 Å². The van der Waals surface area contributed by atoms with E-state index in [9.17, 15) is 13.2 Å². The van der Waals surface area contributed by atoms with Gasteiger partial charge in [-0.25, -0.2) is 13.4 Å². The molecule has 0 bridgehead atoms. The highest BCUT2D eigenvalue weighted by atomic mass is 32.2. The van der Waals surface area contributed by atoms with Crippen LogP contribution < -0.4 is 5.32 Å². The Morgan fingerprint density at radius 2 is 1.96 bits per heavy atom. The van der Waals surface area contributed by atoms with E-state index in [0.717, 1.165) is 21.7 Å². The number of aryl methyl sites for hydroxylation is 2. The molecule has 0 unspecified atom stereocenters. The predicted octanol–water partition coefficient (Wildman–Crippen LogP) is 4.14. The molecule has 8 heteroatoms. The zero-order valence-electron chi connectivity index (χ0n) is 13.9. The van der Waals surface area contributed by atoms with Crippen LogP contribution in [0.4, 0.5) is 5.69 Å². The molecule has 0 saturated carbocycles. The number of thiazole rings is 1. The fourth-order valence-corrected chi connectivity index (χ4v) is 4.66. The summed E-state index contributed by atoms with van der Waals surface area (Å²) in [4.78, 5) is 18.8. The van der Waals surface area contributed by atoms with Crippen molar-refractivity contribution in [2.24, 2.45) is 0 Å². The number of thiophene rings is 1. The molecule has 1 aromatic carbocycles. The quantitative estimate of drug-likeness (QED) is 0.724. The Kier molecular flexibility index (Phi) is 4.77. The van der Waals surface area contributed by atoms with E-state index in [1.54, 1.807) is 24.3 Å². The Bertz CT molecular complexity index is 1040. The maximum atomic E-state index is 12.6. The summed E-state index contributed by atoms with van der Waals surface area (Å²) >= 11 is 2.90. The van der Waals surface area contributed by atoms with Crippen LogP contribution in [0.25, 0.3) is 9.88 Å². The molecule has 0 radical (unpaired) electrons. The lowest BCUT2D eigenvalue weighted by atomic mass is 10.2. The van der Waals surface area contributed by atoms with Crippen LogP contribution in [0, 0.1) is 13.8 Å². The van der Waals surface area contributed by atoms with Crippen molar-refractivity contribution >= 4 is 44.1 Å². The molecule has 2 heterocycles. The number of carbonyl (C=O) groups excluding carboxylic acids is 1. The Morgan fingerprint density at radius 3 is 2.60 bits per heavy atom. The molecule has 1 amide bonds. The van der Waals surface area contributed by atoms with Gasteiger partial charge in [-0.3, -0.25) is 4.79 Å². The van der Waals surface area contributed by atoms with Crippen LogP contribution >= 0.6 is 22.7 Å². The van der Waals surface area contributed by atoms with Gasteiger partial charge in [0.05, 0.1) is 15.5 Å². The summed E-state index contributed by atoms with van der Waals surface area (Å²) in [6, 6.07) is 8.61. The number of anilines is 1. The fourth-order valence-electron chi connectivity index (χ4n) is 2.26. The second kappa shape index (κ2) is 6.70. The molecule has 0 aliphatic carbocycles. The zero-order valence-corrected chi connectivity index (χ0v) is 16.3. The van der Waals surface area contributed by atoms with Gasteiger partial charge in [-0.05, 0) is 43.0 Å². The van der Waals surface area contributed by atoms with Gasteiger partial charge in [0.15, 0.2) is 9.84 Å². The van der Waals surface area contributed by atoms with Crippen LogP contribution in [0.2, 0.25) is 0 Å². The summed E-state index contributed by atoms with van der Waals surface area (Å²) in [6.07, 6.45) is 1.14. The van der Waals surface area contributed by atoms with Crippen molar-refractivity contribution in [2.45, 2.75) is 18.7 Å². The SMILES string of the molecule is Cc1ccc(S(C)(=O)=O)cc1NC(=O)c1sc(-c2cccs2)nc1C. The van der Waals surface area contributed by atoms with Crippen molar-refractivity contribution in [1.29, 1.82) is 0 Å². The van der Waals surface area contributed by atoms with Crippen LogP contribution in [0.5, 0.6) is 0 Å². The molecular formula is C17H16N2O3S3. The number of nitrogens with one attached hydrogen (secondary N) is 1. The summed E-state index contributed by atoms with van der Waals surface area (Å²) in [5.74, 6) is -0.286. The number of rotatable bonds is 4. The molecule has 0 atom stereocenters. The van der Waals surface area contributed by atoms with E-state index in [2.05, 4.69) is 10.3 Å². The lowest BCUT2D eigenvalue weighted by molar-refractivity contribution is 0.102. The van der Waals surface area contributed by atoms with Gasteiger partial charge in [-0.2, -0.15) is 0 Å². The number of aromatic nitrogens is 1. The lowest BCUT2D eigenvalue weighted by Crippen LogP contribution is -2.13. The highest BCUT2D eigenvalue weighted by Crippen LogP contribution is 2.31. The summed E-state index contributed by atoms with van der Waals surface area (Å²) < 4.78 is 23.4. The topological polar surface area (TPSA) is 76.1 Å². The largest absolute Gasteiger partial charge is 0.321 e. The van der Waals surface area contributed by atoms with E-state index in [4.69, 9.17) is 0 Å². The highest BCUT2D eigenvalue weighted by Gasteiger charge is 2.18. The first kappa shape index (κ1) is 17.8. The van der Waals surface area contributed by atoms with Gasteiger partial charge in [-0.1, -0.05) is 12.1 Å². The van der Waals surface area contributed by atoms with E-state index in [1.807, 2.05) is 24.4 Å². The Balaban J connectivity index is 1.91.